The van der Waals surface area contributed by atoms with Gasteiger partial charge in [0.25, 0.3) is 5.91 Å². The molecule has 3 aromatic carbocycles. The maximum absolute atomic E-state index is 13.5. The Hall–Kier alpha value is -4.17. The molecule has 0 aliphatic carbocycles. The lowest BCUT2D eigenvalue weighted by atomic mass is 9.92. The van der Waals surface area contributed by atoms with Crippen LogP contribution in [0.5, 0.6) is 5.75 Å². The molecule has 1 amide bonds. The lowest BCUT2D eigenvalue weighted by Gasteiger charge is -2.26. The number of halogens is 1. The Balaban J connectivity index is 1.62. The summed E-state index contributed by atoms with van der Waals surface area (Å²) < 4.78 is 18.7. The van der Waals surface area contributed by atoms with Crippen molar-refractivity contribution in [3.63, 3.8) is 0 Å². The maximum Gasteiger partial charge on any atom is 0.262 e. The molecule has 0 aromatic heterocycles. The summed E-state index contributed by atoms with van der Waals surface area (Å²) in [5.41, 5.74) is 3.10. The molecule has 0 radical (unpaired) electrons. The smallest absolute Gasteiger partial charge is 0.262 e. The van der Waals surface area contributed by atoms with Crippen LogP contribution in [0.4, 0.5) is 10.1 Å². The van der Waals surface area contributed by atoms with Gasteiger partial charge in [-0.15, -0.1) is 0 Å². The molecule has 0 saturated carbocycles. The van der Waals surface area contributed by atoms with Crippen molar-refractivity contribution in [3.05, 3.63) is 100 Å². The van der Waals surface area contributed by atoms with Gasteiger partial charge in [-0.25, -0.2) is 4.39 Å². The van der Waals surface area contributed by atoms with Crippen LogP contribution >= 0.6 is 0 Å². The van der Waals surface area contributed by atoms with Crippen LogP contribution in [0.25, 0.3) is 6.08 Å². The molecule has 3 aromatic rings. The minimum absolute atomic E-state index is 0.00561. The number of rotatable bonds is 3. The highest BCUT2D eigenvalue weighted by Gasteiger charge is 2.32. The standard InChI is InChI=1S/C27H20FNO3/c1-29-25-14-11-19(6-3-5-18-9-12-22(32-2)13-10-18)16-23(25)26(30)24(27(29)31)17-20-7-4-8-21(28)15-20/h4,7-17H,5H2,1-2H3/b24-17-. The van der Waals surface area contributed by atoms with Crippen LogP contribution < -0.4 is 9.64 Å². The Morgan fingerprint density at radius 3 is 2.53 bits per heavy atom. The molecule has 5 heteroatoms. The second kappa shape index (κ2) is 8.91. The van der Waals surface area contributed by atoms with Crippen LogP contribution in [-0.2, 0) is 11.2 Å². The molecule has 0 atom stereocenters. The van der Waals surface area contributed by atoms with Crippen molar-refractivity contribution in [2.24, 2.45) is 0 Å². The van der Waals surface area contributed by atoms with Crippen LogP contribution in [0, 0.1) is 17.7 Å². The molecular weight excluding hydrogens is 405 g/mol. The number of amides is 1. The maximum atomic E-state index is 13.5. The zero-order valence-electron chi connectivity index (χ0n) is 17.7. The van der Waals surface area contributed by atoms with E-state index in [2.05, 4.69) is 11.8 Å². The highest BCUT2D eigenvalue weighted by Crippen LogP contribution is 2.31. The average molecular weight is 425 g/mol. The van der Waals surface area contributed by atoms with E-state index in [0.29, 0.717) is 28.8 Å². The molecular formula is C27H20FNO3. The molecule has 158 valence electrons. The second-order valence-corrected chi connectivity index (χ2v) is 7.36. The third-order valence-corrected chi connectivity index (χ3v) is 5.23. The number of anilines is 1. The Labute approximate surface area is 185 Å². The number of ketones is 1. The molecule has 1 heterocycles. The third kappa shape index (κ3) is 4.30. The van der Waals surface area contributed by atoms with E-state index in [-0.39, 0.29) is 5.57 Å². The first kappa shape index (κ1) is 21.1. The van der Waals surface area contributed by atoms with Crippen LogP contribution in [-0.4, -0.2) is 25.8 Å². The predicted octanol–water partition coefficient (Wildman–Crippen LogP) is 4.67. The van der Waals surface area contributed by atoms with Gasteiger partial charge in [-0.2, -0.15) is 0 Å². The van der Waals surface area contributed by atoms with E-state index < -0.39 is 17.5 Å². The number of carbonyl (C=O) groups excluding carboxylic acids is 2. The molecule has 32 heavy (non-hydrogen) atoms. The summed E-state index contributed by atoms with van der Waals surface area (Å²) in [7, 11) is 3.23. The van der Waals surface area contributed by atoms with E-state index in [1.807, 2.05) is 24.3 Å². The van der Waals surface area contributed by atoms with E-state index >= 15 is 0 Å². The van der Waals surface area contributed by atoms with Gasteiger partial charge in [-0.3, -0.25) is 9.59 Å². The number of ether oxygens (including phenoxy) is 1. The molecule has 0 bridgehead atoms. The van der Waals surface area contributed by atoms with Crippen molar-refractivity contribution in [3.8, 4) is 17.6 Å². The number of benzene rings is 3. The van der Waals surface area contributed by atoms with Crippen LogP contribution in [0.15, 0.2) is 72.3 Å². The van der Waals surface area contributed by atoms with Gasteiger partial charge in [0.15, 0.2) is 0 Å². The summed E-state index contributed by atoms with van der Waals surface area (Å²) in [5, 5.41) is 0. The van der Waals surface area contributed by atoms with Crippen LogP contribution in [0.2, 0.25) is 0 Å². The molecule has 0 unspecified atom stereocenters. The SMILES string of the molecule is COc1ccc(CC#Cc2ccc3c(c2)C(=O)/C(=C/c2cccc(F)c2)C(=O)N3C)cc1. The van der Waals surface area contributed by atoms with Crippen LogP contribution in [0.1, 0.15) is 27.0 Å². The first-order valence-corrected chi connectivity index (χ1v) is 10.0. The average Bonchev–Trinajstić information content (AvgIpc) is 2.81. The summed E-state index contributed by atoms with van der Waals surface area (Å²) in [4.78, 5) is 27.3. The molecule has 1 aliphatic rings. The van der Waals surface area contributed by atoms with Crippen molar-refractivity contribution in [2.75, 3.05) is 19.1 Å². The Morgan fingerprint density at radius 1 is 1.03 bits per heavy atom. The molecule has 0 N–H and O–H groups in total. The Kier molecular flexibility index (Phi) is 5.87. The quantitative estimate of drug-likeness (QED) is 0.348. The van der Waals surface area contributed by atoms with Gasteiger partial charge < -0.3 is 9.64 Å². The van der Waals surface area contributed by atoms with Crippen molar-refractivity contribution >= 4 is 23.5 Å². The van der Waals surface area contributed by atoms with E-state index in [4.69, 9.17) is 4.74 Å². The third-order valence-electron chi connectivity index (χ3n) is 5.23. The predicted molar refractivity (Wildman–Crippen MR) is 122 cm³/mol. The number of nitrogens with zero attached hydrogens (tertiary/aromatic N) is 1. The van der Waals surface area contributed by atoms with Gasteiger partial charge in [0.1, 0.15) is 11.6 Å². The van der Waals surface area contributed by atoms with E-state index in [1.54, 1.807) is 38.4 Å². The molecule has 0 saturated heterocycles. The normalized spacial score (nSPS) is 14.1. The van der Waals surface area contributed by atoms with Crippen molar-refractivity contribution in [1.82, 2.24) is 0 Å². The number of methoxy groups -OCH3 is 1. The van der Waals surface area contributed by atoms with Crippen LogP contribution in [0.3, 0.4) is 0 Å². The summed E-state index contributed by atoms with van der Waals surface area (Å²) in [5.74, 6) is 5.73. The minimum Gasteiger partial charge on any atom is -0.497 e. The topological polar surface area (TPSA) is 46.6 Å². The van der Waals surface area contributed by atoms with Gasteiger partial charge in [-0.05, 0) is 59.7 Å². The largest absolute Gasteiger partial charge is 0.497 e. The summed E-state index contributed by atoms with van der Waals surface area (Å²) in [6, 6.07) is 18.7. The molecule has 0 fully saturated rings. The van der Waals surface area contributed by atoms with Gasteiger partial charge >= 0.3 is 0 Å². The van der Waals surface area contributed by atoms with E-state index in [9.17, 15) is 14.0 Å². The molecule has 4 nitrogen and oxygen atoms in total. The zero-order chi connectivity index (χ0) is 22.7. The van der Waals surface area contributed by atoms with Gasteiger partial charge in [-0.1, -0.05) is 36.1 Å². The monoisotopic (exact) mass is 425 g/mol. The number of likely N-dealkylation sites (N-methyl/N-ethyl adjacent to an activating group) is 1. The number of Topliss-reactive ketones (excluding diaryl/α,β-unsaturated/α-hetero) is 1. The number of fused-ring (bicyclic) bond motifs is 1. The van der Waals surface area contributed by atoms with Crippen molar-refractivity contribution in [2.45, 2.75) is 6.42 Å². The van der Waals surface area contributed by atoms with Gasteiger partial charge in [0.2, 0.25) is 5.78 Å². The summed E-state index contributed by atoms with van der Waals surface area (Å²) in [6.45, 7) is 0. The summed E-state index contributed by atoms with van der Waals surface area (Å²) >= 11 is 0. The van der Waals surface area contributed by atoms with E-state index in [0.717, 1.165) is 11.3 Å². The lowest BCUT2D eigenvalue weighted by Crippen LogP contribution is -2.36. The van der Waals surface area contributed by atoms with E-state index in [1.165, 1.54) is 29.2 Å². The number of hydrogen-bond acceptors (Lipinski definition) is 3. The number of hydrogen-bond donors (Lipinski definition) is 0. The first-order valence-electron chi connectivity index (χ1n) is 10.0. The molecule has 4 rings (SSSR count). The van der Waals surface area contributed by atoms with Gasteiger partial charge in [0, 0.05) is 24.6 Å². The fraction of sp³-hybridized carbons (Fsp3) is 0.111. The fourth-order valence-corrected chi connectivity index (χ4v) is 3.50. The molecule has 0 spiro atoms. The lowest BCUT2D eigenvalue weighted by molar-refractivity contribution is -0.114. The first-order chi connectivity index (χ1) is 15.5. The Bertz CT molecular complexity index is 1300. The van der Waals surface area contributed by atoms with Crippen molar-refractivity contribution < 1.29 is 18.7 Å². The Morgan fingerprint density at radius 2 is 1.81 bits per heavy atom. The second-order valence-electron chi connectivity index (χ2n) is 7.36. The highest BCUT2D eigenvalue weighted by molar-refractivity contribution is 6.36. The molecule has 1 aliphatic heterocycles. The zero-order valence-corrected chi connectivity index (χ0v) is 17.7. The fourth-order valence-electron chi connectivity index (χ4n) is 3.50. The minimum atomic E-state index is -0.432. The highest BCUT2D eigenvalue weighted by atomic mass is 19.1. The summed E-state index contributed by atoms with van der Waals surface area (Å²) in [6.07, 6.45) is 1.98. The van der Waals surface area contributed by atoms with Crippen molar-refractivity contribution in [1.29, 1.82) is 0 Å². The number of carbonyl (C=O) groups is 2. The van der Waals surface area contributed by atoms with Gasteiger partial charge in [0.05, 0.1) is 18.4 Å².